The predicted octanol–water partition coefficient (Wildman–Crippen LogP) is 5.52. The first-order valence-corrected chi connectivity index (χ1v) is 7.98. The molecule has 0 fully saturated rings. The van der Waals surface area contributed by atoms with Crippen LogP contribution in [0.15, 0.2) is 18.2 Å². The second-order valence-electron chi connectivity index (χ2n) is 5.49. The van der Waals surface area contributed by atoms with Crippen molar-refractivity contribution in [1.82, 2.24) is 5.32 Å². The van der Waals surface area contributed by atoms with Crippen molar-refractivity contribution in [2.75, 3.05) is 6.54 Å². The van der Waals surface area contributed by atoms with E-state index in [4.69, 9.17) is 11.6 Å². The van der Waals surface area contributed by atoms with E-state index < -0.39 is 0 Å². The Morgan fingerprint density at radius 3 is 2.32 bits per heavy atom. The molecule has 1 aromatic rings. The summed E-state index contributed by atoms with van der Waals surface area (Å²) >= 11 is 6.20. The van der Waals surface area contributed by atoms with Crippen LogP contribution in [-0.2, 0) is 0 Å². The minimum atomic E-state index is 0.433. The summed E-state index contributed by atoms with van der Waals surface area (Å²) in [4.78, 5) is 0. The van der Waals surface area contributed by atoms with Crippen molar-refractivity contribution in [2.45, 2.75) is 59.4 Å². The number of hydrogen-bond donors (Lipinski definition) is 1. The van der Waals surface area contributed by atoms with Gasteiger partial charge in [-0.3, -0.25) is 0 Å². The lowest BCUT2D eigenvalue weighted by Gasteiger charge is -2.24. The summed E-state index contributed by atoms with van der Waals surface area (Å²) in [6, 6.07) is 6.84. The largest absolute Gasteiger partial charge is 0.310 e. The second kappa shape index (κ2) is 8.60. The molecular formula is C17H28ClN. The van der Waals surface area contributed by atoms with E-state index >= 15 is 0 Å². The van der Waals surface area contributed by atoms with Crippen molar-refractivity contribution in [2.24, 2.45) is 5.92 Å². The molecule has 0 saturated heterocycles. The quantitative estimate of drug-likeness (QED) is 0.662. The monoisotopic (exact) mass is 281 g/mol. The third-order valence-electron chi connectivity index (χ3n) is 3.83. The molecule has 1 unspecified atom stereocenters. The van der Waals surface area contributed by atoms with Gasteiger partial charge in [-0.1, -0.05) is 51.3 Å². The third kappa shape index (κ3) is 5.54. The Balaban J connectivity index is 2.87. The summed E-state index contributed by atoms with van der Waals surface area (Å²) < 4.78 is 0. The number of rotatable bonds is 8. The van der Waals surface area contributed by atoms with Crippen LogP contribution < -0.4 is 5.32 Å². The highest BCUT2D eigenvalue weighted by Crippen LogP contribution is 2.28. The third-order valence-corrected chi connectivity index (χ3v) is 4.05. The van der Waals surface area contributed by atoms with Crippen LogP contribution in [0.2, 0.25) is 5.02 Å². The lowest BCUT2D eigenvalue weighted by molar-refractivity contribution is 0.371. The molecule has 0 amide bonds. The summed E-state index contributed by atoms with van der Waals surface area (Å²) in [7, 11) is 0. The average Bonchev–Trinajstić information content (AvgIpc) is 2.38. The normalized spacial score (nSPS) is 12.9. The van der Waals surface area contributed by atoms with Gasteiger partial charge in [-0.25, -0.2) is 0 Å². The van der Waals surface area contributed by atoms with E-state index in [9.17, 15) is 0 Å². The van der Waals surface area contributed by atoms with Crippen LogP contribution in [0, 0.1) is 12.8 Å². The van der Waals surface area contributed by atoms with Gasteiger partial charge in [0.2, 0.25) is 0 Å². The number of hydrogen-bond acceptors (Lipinski definition) is 1. The maximum absolute atomic E-state index is 6.20. The molecule has 0 aliphatic carbocycles. The fraction of sp³-hybridized carbons (Fsp3) is 0.647. The first-order chi connectivity index (χ1) is 9.10. The number of aryl methyl sites for hydroxylation is 1. The first-order valence-electron chi connectivity index (χ1n) is 7.61. The van der Waals surface area contributed by atoms with Gasteiger partial charge in [0.05, 0.1) is 0 Å². The van der Waals surface area contributed by atoms with Gasteiger partial charge in [-0.2, -0.15) is 0 Å². The Bertz CT molecular complexity index is 351. The van der Waals surface area contributed by atoms with Crippen molar-refractivity contribution in [1.29, 1.82) is 0 Å². The molecule has 1 atom stereocenters. The van der Waals surface area contributed by atoms with Crippen LogP contribution >= 0.6 is 11.6 Å². The molecule has 2 heteroatoms. The molecule has 1 nitrogen and oxygen atoms in total. The summed E-state index contributed by atoms with van der Waals surface area (Å²) in [6.07, 6.45) is 4.87. The second-order valence-corrected chi connectivity index (χ2v) is 5.92. The van der Waals surface area contributed by atoms with Gasteiger partial charge in [0.1, 0.15) is 0 Å². The van der Waals surface area contributed by atoms with Gasteiger partial charge in [0.25, 0.3) is 0 Å². The number of benzene rings is 1. The molecule has 19 heavy (non-hydrogen) atoms. The van der Waals surface area contributed by atoms with Crippen LogP contribution in [0.25, 0.3) is 0 Å². The zero-order valence-corrected chi connectivity index (χ0v) is 13.6. The van der Waals surface area contributed by atoms with E-state index in [1.54, 1.807) is 0 Å². The Labute approximate surface area is 123 Å². The van der Waals surface area contributed by atoms with Crippen molar-refractivity contribution < 1.29 is 0 Å². The van der Waals surface area contributed by atoms with Gasteiger partial charge in [0.15, 0.2) is 0 Å². The SMILES string of the molecule is CCCNC(CC(CC)CC)c1cc(C)cc(Cl)c1. The average molecular weight is 282 g/mol. The fourth-order valence-corrected chi connectivity index (χ4v) is 2.88. The lowest BCUT2D eigenvalue weighted by atomic mass is 9.90. The molecule has 1 rings (SSSR count). The van der Waals surface area contributed by atoms with E-state index in [-0.39, 0.29) is 0 Å². The van der Waals surface area contributed by atoms with E-state index in [0.717, 1.165) is 17.5 Å². The summed E-state index contributed by atoms with van der Waals surface area (Å²) in [6.45, 7) is 9.96. The Hall–Kier alpha value is -0.530. The maximum Gasteiger partial charge on any atom is 0.0411 e. The zero-order chi connectivity index (χ0) is 14.3. The van der Waals surface area contributed by atoms with Gasteiger partial charge in [-0.05, 0) is 55.5 Å². The van der Waals surface area contributed by atoms with Crippen molar-refractivity contribution >= 4 is 11.6 Å². The van der Waals surface area contributed by atoms with Crippen LogP contribution in [0.1, 0.15) is 63.6 Å². The molecule has 108 valence electrons. The maximum atomic E-state index is 6.20. The Kier molecular flexibility index (Phi) is 7.48. The van der Waals surface area contributed by atoms with E-state index in [1.807, 2.05) is 6.07 Å². The standard InChI is InChI=1S/C17H28ClN/c1-5-8-19-17(11-14(6-2)7-3)15-9-13(4)10-16(18)12-15/h9-10,12,14,17,19H,5-8,11H2,1-4H3. The molecule has 0 heterocycles. The fourth-order valence-electron chi connectivity index (χ4n) is 2.58. The van der Waals surface area contributed by atoms with Gasteiger partial charge in [0, 0.05) is 11.1 Å². The smallest absolute Gasteiger partial charge is 0.0411 e. The van der Waals surface area contributed by atoms with Crippen molar-refractivity contribution in [3.63, 3.8) is 0 Å². The van der Waals surface area contributed by atoms with Gasteiger partial charge in [-0.15, -0.1) is 0 Å². The molecule has 0 radical (unpaired) electrons. The minimum Gasteiger partial charge on any atom is -0.310 e. The number of halogens is 1. The van der Waals surface area contributed by atoms with Crippen molar-refractivity contribution in [3.8, 4) is 0 Å². The van der Waals surface area contributed by atoms with Crippen LogP contribution in [-0.4, -0.2) is 6.54 Å². The van der Waals surface area contributed by atoms with Crippen LogP contribution in [0.3, 0.4) is 0 Å². The lowest BCUT2D eigenvalue weighted by Crippen LogP contribution is -2.24. The molecule has 1 aromatic carbocycles. The molecule has 0 saturated carbocycles. The molecule has 0 spiro atoms. The van der Waals surface area contributed by atoms with Gasteiger partial charge < -0.3 is 5.32 Å². The molecule has 1 N–H and O–H groups in total. The molecule has 0 aliphatic rings. The predicted molar refractivity (Wildman–Crippen MR) is 85.9 cm³/mol. The highest BCUT2D eigenvalue weighted by molar-refractivity contribution is 6.30. The summed E-state index contributed by atoms with van der Waals surface area (Å²) in [5.74, 6) is 0.786. The number of nitrogens with one attached hydrogen (secondary N) is 1. The molecule has 0 bridgehead atoms. The Morgan fingerprint density at radius 2 is 1.79 bits per heavy atom. The van der Waals surface area contributed by atoms with Gasteiger partial charge >= 0.3 is 0 Å². The zero-order valence-electron chi connectivity index (χ0n) is 12.8. The topological polar surface area (TPSA) is 12.0 Å². The van der Waals surface area contributed by atoms with E-state index in [0.29, 0.717) is 6.04 Å². The Morgan fingerprint density at radius 1 is 1.11 bits per heavy atom. The highest BCUT2D eigenvalue weighted by atomic mass is 35.5. The van der Waals surface area contributed by atoms with Crippen LogP contribution in [0.5, 0.6) is 0 Å². The highest BCUT2D eigenvalue weighted by Gasteiger charge is 2.16. The van der Waals surface area contributed by atoms with Crippen LogP contribution in [0.4, 0.5) is 0 Å². The molecular weight excluding hydrogens is 254 g/mol. The van der Waals surface area contributed by atoms with Crippen molar-refractivity contribution in [3.05, 3.63) is 34.3 Å². The summed E-state index contributed by atoms with van der Waals surface area (Å²) in [5.41, 5.74) is 2.58. The minimum absolute atomic E-state index is 0.433. The molecule has 0 aromatic heterocycles. The van der Waals surface area contributed by atoms with E-state index in [2.05, 4.69) is 45.1 Å². The summed E-state index contributed by atoms with van der Waals surface area (Å²) in [5, 5.41) is 4.53. The van der Waals surface area contributed by atoms with E-state index in [1.165, 1.54) is 36.8 Å². The molecule has 0 aliphatic heterocycles. The first kappa shape index (κ1) is 16.5.